The highest BCUT2D eigenvalue weighted by molar-refractivity contribution is 5.94. The lowest BCUT2D eigenvalue weighted by molar-refractivity contribution is 0.0724. The van der Waals surface area contributed by atoms with Crippen LogP contribution in [-0.4, -0.2) is 35.2 Å². The monoisotopic (exact) mass is 260 g/mol. The molecule has 19 heavy (non-hydrogen) atoms. The number of rotatable bonds is 4. The maximum absolute atomic E-state index is 12.2. The predicted octanol–water partition coefficient (Wildman–Crippen LogP) is 2.23. The van der Waals surface area contributed by atoms with Gasteiger partial charge in [0.05, 0.1) is 0 Å². The van der Waals surface area contributed by atoms with Crippen LogP contribution >= 0.6 is 0 Å². The van der Waals surface area contributed by atoms with Gasteiger partial charge in [-0.3, -0.25) is 4.79 Å². The molecular weight excluding hydrogens is 240 g/mol. The Balaban J connectivity index is 2.00. The summed E-state index contributed by atoms with van der Waals surface area (Å²) in [4.78, 5) is 14.1. The van der Waals surface area contributed by atoms with Crippen LogP contribution in [0.5, 0.6) is 0 Å². The van der Waals surface area contributed by atoms with Crippen molar-refractivity contribution in [3.05, 3.63) is 42.5 Å². The van der Waals surface area contributed by atoms with Crippen LogP contribution in [-0.2, 0) is 0 Å². The second-order valence-corrected chi connectivity index (χ2v) is 4.76. The summed E-state index contributed by atoms with van der Waals surface area (Å²) in [6, 6.07) is 7.16. The molecule has 1 saturated heterocycles. The molecule has 1 amide bonds. The van der Waals surface area contributed by atoms with Gasteiger partial charge in [0.25, 0.3) is 5.91 Å². The van der Waals surface area contributed by atoms with E-state index in [2.05, 4.69) is 11.9 Å². The molecule has 0 aliphatic carbocycles. The molecule has 1 unspecified atom stereocenters. The molecule has 0 aromatic heterocycles. The second-order valence-electron chi connectivity index (χ2n) is 4.76. The Bertz CT molecular complexity index is 436. The van der Waals surface area contributed by atoms with E-state index >= 15 is 0 Å². The molecule has 4 nitrogen and oxygen atoms in total. The zero-order valence-electron chi connectivity index (χ0n) is 11.0. The minimum absolute atomic E-state index is 0.0931. The van der Waals surface area contributed by atoms with Crippen LogP contribution in [0.1, 0.15) is 29.6 Å². The van der Waals surface area contributed by atoms with Crippen molar-refractivity contribution in [2.45, 2.75) is 25.5 Å². The van der Waals surface area contributed by atoms with E-state index < -0.39 is 6.23 Å². The summed E-state index contributed by atoms with van der Waals surface area (Å²) >= 11 is 0. The van der Waals surface area contributed by atoms with Gasteiger partial charge in [-0.25, -0.2) is 0 Å². The first kappa shape index (κ1) is 13.6. The van der Waals surface area contributed by atoms with E-state index in [0.29, 0.717) is 5.56 Å². The highest BCUT2D eigenvalue weighted by Gasteiger charge is 2.17. The van der Waals surface area contributed by atoms with E-state index in [-0.39, 0.29) is 5.91 Å². The van der Waals surface area contributed by atoms with Crippen LogP contribution in [0.4, 0.5) is 5.69 Å². The number of amides is 1. The lowest BCUT2D eigenvalue weighted by Crippen LogP contribution is -2.35. The third-order valence-electron chi connectivity index (χ3n) is 3.31. The molecule has 2 rings (SSSR count). The van der Waals surface area contributed by atoms with Crippen molar-refractivity contribution in [1.82, 2.24) is 4.90 Å². The average molecular weight is 260 g/mol. The number of hydrogen-bond acceptors (Lipinski definition) is 3. The summed E-state index contributed by atoms with van der Waals surface area (Å²) in [7, 11) is 0. The molecule has 1 fully saturated rings. The number of likely N-dealkylation sites (tertiary alicyclic amines) is 1. The summed E-state index contributed by atoms with van der Waals surface area (Å²) in [5.74, 6) is 0.0931. The minimum Gasteiger partial charge on any atom is -0.370 e. The number of carbonyl (C=O) groups is 1. The largest absolute Gasteiger partial charge is 0.370 e. The van der Waals surface area contributed by atoms with Crippen molar-refractivity contribution in [2.24, 2.45) is 0 Å². The van der Waals surface area contributed by atoms with E-state index in [1.54, 1.807) is 24.3 Å². The van der Waals surface area contributed by atoms with Gasteiger partial charge < -0.3 is 15.3 Å². The smallest absolute Gasteiger partial charge is 0.253 e. The van der Waals surface area contributed by atoms with Crippen molar-refractivity contribution < 1.29 is 9.90 Å². The van der Waals surface area contributed by atoms with Crippen molar-refractivity contribution >= 4 is 11.6 Å². The summed E-state index contributed by atoms with van der Waals surface area (Å²) < 4.78 is 0. The molecule has 4 heteroatoms. The fraction of sp³-hybridized carbons (Fsp3) is 0.400. The third kappa shape index (κ3) is 3.58. The maximum atomic E-state index is 12.2. The summed E-state index contributed by atoms with van der Waals surface area (Å²) in [5.41, 5.74) is 1.46. The Hall–Kier alpha value is -1.81. The number of aliphatic hydroxyl groups excluding tert-OH is 1. The van der Waals surface area contributed by atoms with Gasteiger partial charge in [-0.05, 0) is 49.6 Å². The lowest BCUT2D eigenvalue weighted by Gasteiger charge is -2.26. The van der Waals surface area contributed by atoms with Crippen LogP contribution < -0.4 is 5.32 Å². The van der Waals surface area contributed by atoms with Crippen LogP contribution in [0.25, 0.3) is 0 Å². The molecule has 0 bridgehead atoms. The van der Waals surface area contributed by atoms with E-state index in [9.17, 15) is 9.90 Å². The maximum Gasteiger partial charge on any atom is 0.253 e. The lowest BCUT2D eigenvalue weighted by atomic mass is 10.1. The Kier molecular flexibility index (Phi) is 4.58. The van der Waals surface area contributed by atoms with Crippen molar-refractivity contribution in [1.29, 1.82) is 0 Å². The number of carbonyl (C=O) groups excluding carboxylic acids is 1. The van der Waals surface area contributed by atoms with Crippen molar-refractivity contribution in [2.75, 3.05) is 18.4 Å². The highest BCUT2D eigenvalue weighted by Crippen LogP contribution is 2.15. The van der Waals surface area contributed by atoms with Crippen LogP contribution in [0.2, 0.25) is 0 Å². The molecule has 2 N–H and O–H groups in total. The van der Waals surface area contributed by atoms with Gasteiger partial charge in [0.1, 0.15) is 6.23 Å². The van der Waals surface area contributed by atoms with Gasteiger partial charge >= 0.3 is 0 Å². The van der Waals surface area contributed by atoms with Crippen molar-refractivity contribution in [3.8, 4) is 0 Å². The third-order valence-corrected chi connectivity index (χ3v) is 3.31. The van der Waals surface area contributed by atoms with E-state index in [0.717, 1.165) is 31.6 Å². The summed E-state index contributed by atoms with van der Waals surface area (Å²) in [5, 5.41) is 12.2. The first-order valence-electron chi connectivity index (χ1n) is 6.67. The fourth-order valence-electron chi connectivity index (χ4n) is 2.22. The molecule has 1 heterocycles. The molecule has 0 radical (unpaired) electrons. The summed E-state index contributed by atoms with van der Waals surface area (Å²) in [6.07, 6.45) is 4.04. The van der Waals surface area contributed by atoms with E-state index in [1.807, 2.05) is 4.90 Å². The zero-order valence-corrected chi connectivity index (χ0v) is 11.0. The number of nitrogens with zero attached hydrogens (tertiary/aromatic N) is 1. The highest BCUT2D eigenvalue weighted by atomic mass is 16.3. The van der Waals surface area contributed by atoms with Crippen molar-refractivity contribution in [3.63, 3.8) is 0 Å². The molecular formula is C15H20N2O2. The van der Waals surface area contributed by atoms with Gasteiger partial charge in [0, 0.05) is 24.3 Å². The molecule has 1 aliphatic rings. The first-order valence-corrected chi connectivity index (χ1v) is 6.67. The van der Waals surface area contributed by atoms with Gasteiger partial charge in [-0.1, -0.05) is 6.58 Å². The fourth-order valence-corrected chi connectivity index (χ4v) is 2.22. The van der Waals surface area contributed by atoms with Crippen LogP contribution in [0.15, 0.2) is 36.9 Å². The second kappa shape index (κ2) is 6.38. The Labute approximate surface area is 113 Å². The van der Waals surface area contributed by atoms with Crippen LogP contribution in [0, 0.1) is 0 Å². The van der Waals surface area contributed by atoms with E-state index in [4.69, 9.17) is 0 Å². The van der Waals surface area contributed by atoms with Crippen LogP contribution in [0.3, 0.4) is 0 Å². The molecule has 1 aromatic carbocycles. The Morgan fingerprint density at radius 1 is 1.26 bits per heavy atom. The van der Waals surface area contributed by atoms with E-state index in [1.165, 1.54) is 12.5 Å². The minimum atomic E-state index is -0.774. The number of aliphatic hydroxyl groups is 1. The first-order chi connectivity index (χ1) is 9.20. The van der Waals surface area contributed by atoms with Gasteiger partial charge in [0.2, 0.25) is 0 Å². The zero-order chi connectivity index (χ0) is 13.7. The Morgan fingerprint density at radius 3 is 2.47 bits per heavy atom. The van der Waals surface area contributed by atoms with Gasteiger partial charge in [-0.15, -0.1) is 0 Å². The molecule has 0 saturated carbocycles. The molecule has 1 aromatic rings. The number of piperidine rings is 1. The number of hydrogen-bond donors (Lipinski definition) is 2. The number of benzene rings is 1. The van der Waals surface area contributed by atoms with Gasteiger partial charge in [-0.2, -0.15) is 0 Å². The SMILES string of the molecule is C=CC(O)Nc1ccc(C(=O)N2CCCCC2)cc1. The normalized spacial score (nSPS) is 16.8. The number of anilines is 1. The Morgan fingerprint density at radius 2 is 1.89 bits per heavy atom. The summed E-state index contributed by atoms with van der Waals surface area (Å²) in [6.45, 7) is 5.20. The molecule has 1 atom stereocenters. The standard InChI is InChI=1S/C15H20N2O2/c1-2-14(18)16-13-8-6-12(7-9-13)15(19)17-10-4-3-5-11-17/h2,6-9,14,16,18H,1,3-5,10-11H2. The predicted molar refractivity (Wildman–Crippen MR) is 76.0 cm³/mol. The average Bonchev–Trinajstić information content (AvgIpc) is 2.48. The number of nitrogens with one attached hydrogen (secondary N) is 1. The quantitative estimate of drug-likeness (QED) is 0.645. The molecule has 0 spiro atoms. The molecule has 1 aliphatic heterocycles. The molecule has 102 valence electrons. The topological polar surface area (TPSA) is 52.6 Å². The van der Waals surface area contributed by atoms with Gasteiger partial charge in [0.15, 0.2) is 0 Å².